The van der Waals surface area contributed by atoms with Gasteiger partial charge in [0.05, 0.1) is 17.4 Å². The number of aryl methyl sites for hydroxylation is 1. The van der Waals surface area contributed by atoms with Gasteiger partial charge in [-0.25, -0.2) is 4.79 Å². The van der Waals surface area contributed by atoms with Gasteiger partial charge in [0.2, 0.25) is 0 Å². The molecule has 1 atom stereocenters. The lowest BCUT2D eigenvalue weighted by atomic mass is 10.1. The van der Waals surface area contributed by atoms with Crippen molar-refractivity contribution >= 4 is 45.8 Å². The van der Waals surface area contributed by atoms with Crippen molar-refractivity contribution in [2.45, 2.75) is 13.3 Å². The Morgan fingerprint density at radius 3 is 2.96 bits per heavy atom. The highest BCUT2D eigenvalue weighted by Crippen LogP contribution is 2.25. The van der Waals surface area contributed by atoms with Crippen LogP contribution in [0.2, 0.25) is 0 Å². The van der Waals surface area contributed by atoms with Crippen molar-refractivity contribution in [2.75, 3.05) is 18.5 Å². The Morgan fingerprint density at radius 1 is 1.33 bits per heavy atom. The minimum absolute atomic E-state index is 0.00720. The number of rotatable bonds is 6. The van der Waals surface area contributed by atoms with Crippen LogP contribution in [0.15, 0.2) is 29.6 Å². The summed E-state index contributed by atoms with van der Waals surface area (Å²) in [4.78, 5) is 13.4. The van der Waals surface area contributed by atoms with Crippen LogP contribution in [0, 0.1) is 12.8 Å². The largest absolute Gasteiger partial charge is 0.396 e. The van der Waals surface area contributed by atoms with Crippen LogP contribution < -0.4 is 10.6 Å². The average Bonchev–Trinajstić information content (AvgIpc) is 3.25. The first-order valence-corrected chi connectivity index (χ1v) is 9.18. The van der Waals surface area contributed by atoms with Crippen LogP contribution in [-0.2, 0) is 6.42 Å². The summed E-state index contributed by atoms with van der Waals surface area (Å²) in [5, 5.41) is 17.2. The summed E-state index contributed by atoms with van der Waals surface area (Å²) in [7, 11) is 0. The van der Waals surface area contributed by atoms with Crippen LogP contribution >= 0.6 is 23.1 Å². The van der Waals surface area contributed by atoms with Crippen LogP contribution in [0.1, 0.15) is 10.4 Å². The zero-order valence-corrected chi connectivity index (χ0v) is 14.8. The molecule has 2 aromatic heterocycles. The highest BCUT2D eigenvalue weighted by atomic mass is 32.1. The molecular formula is C16H18N4O2S2. The minimum atomic E-state index is -0.303. The SMILES string of the molecule is Cc1ccc2nsnc2c1NC(=O)NC[C@H](CO)Cc1cccs1. The van der Waals surface area contributed by atoms with Crippen molar-refractivity contribution in [1.82, 2.24) is 14.1 Å². The number of aromatic nitrogens is 2. The van der Waals surface area contributed by atoms with Crippen molar-refractivity contribution in [3.05, 3.63) is 40.1 Å². The van der Waals surface area contributed by atoms with E-state index in [4.69, 9.17) is 0 Å². The van der Waals surface area contributed by atoms with Gasteiger partial charge in [0, 0.05) is 23.9 Å². The summed E-state index contributed by atoms with van der Waals surface area (Å²) in [6.45, 7) is 2.36. The smallest absolute Gasteiger partial charge is 0.319 e. The molecule has 0 unspecified atom stereocenters. The number of amides is 2. The van der Waals surface area contributed by atoms with Gasteiger partial charge in [0.15, 0.2) is 0 Å². The molecule has 0 radical (unpaired) electrons. The van der Waals surface area contributed by atoms with Crippen LogP contribution in [0.5, 0.6) is 0 Å². The standard InChI is InChI=1S/C16H18N4O2S2/c1-10-4-5-13-15(20-24-19-13)14(10)18-16(22)17-8-11(9-21)7-12-3-2-6-23-12/h2-6,11,21H,7-9H2,1H3,(H2,17,18,22)/t11-/m1/s1. The molecule has 0 fully saturated rings. The second-order valence-electron chi connectivity index (χ2n) is 5.56. The third kappa shape index (κ3) is 3.89. The third-order valence-corrected chi connectivity index (χ3v) is 5.20. The number of aliphatic hydroxyl groups is 1. The fourth-order valence-electron chi connectivity index (χ4n) is 2.42. The molecule has 3 N–H and O–H groups in total. The maximum Gasteiger partial charge on any atom is 0.319 e. The quantitative estimate of drug-likeness (QED) is 0.629. The second kappa shape index (κ2) is 7.69. The van der Waals surface area contributed by atoms with Crippen molar-refractivity contribution in [2.24, 2.45) is 5.92 Å². The van der Waals surface area contributed by atoms with Crippen LogP contribution in [0.4, 0.5) is 10.5 Å². The molecule has 8 heteroatoms. The van der Waals surface area contributed by atoms with Crippen LogP contribution in [0.3, 0.4) is 0 Å². The van der Waals surface area contributed by atoms with Crippen molar-refractivity contribution < 1.29 is 9.90 Å². The molecule has 0 saturated heterocycles. The highest BCUT2D eigenvalue weighted by Gasteiger charge is 2.14. The first-order valence-electron chi connectivity index (χ1n) is 7.57. The van der Waals surface area contributed by atoms with E-state index < -0.39 is 0 Å². The minimum Gasteiger partial charge on any atom is -0.396 e. The normalized spacial score (nSPS) is 12.2. The van der Waals surface area contributed by atoms with Gasteiger partial charge in [-0.1, -0.05) is 12.1 Å². The fourth-order valence-corrected chi connectivity index (χ4v) is 3.78. The van der Waals surface area contributed by atoms with E-state index in [9.17, 15) is 9.90 Å². The first-order chi connectivity index (χ1) is 11.7. The number of anilines is 1. The zero-order valence-electron chi connectivity index (χ0n) is 13.2. The number of hydrogen-bond donors (Lipinski definition) is 3. The maximum atomic E-state index is 12.2. The van der Waals surface area contributed by atoms with Gasteiger partial charge in [0.1, 0.15) is 11.0 Å². The lowest BCUT2D eigenvalue weighted by molar-refractivity contribution is 0.218. The Bertz CT molecular complexity index is 817. The number of urea groups is 1. The molecule has 6 nitrogen and oxygen atoms in total. The zero-order chi connectivity index (χ0) is 16.9. The van der Waals surface area contributed by atoms with E-state index >= 15 is 0 Å². The van der Waals surface area contributed by atoms with Crippen molar-refractivity contribution in [1.29, 1.82) is 0 Å². The van der Waals surface area contributed by atoms with Gasteiger partial charge in [-0.3, -0.25) is 0 Å². The molecule has 2 heterocycles. The topological polar surface area (TPSA) is 87.1 Å². The summed E-state index contributed by atoms with van der Waals surface area (Å²) in [6, 6.07) is 7.52. The number of nitrogens with one attached hydrogen (secondary N) is 2. The molecule has 0 spiro atoms. The number of carbonyl (C=O) groups excluding carboxylic acids is 1. The molecule has 0 saturated carbocycles. The van der Waals surface area contributed by atoms with E-state index in [-0.39, 0.29) is 18.6 Å². The Labute approximate surface area is 147 Å². The molecular weight excluding hydrogens is 344 g/mol. The number of carbonyl (C=O) groups is 1. The van der Waals surface area contributed by atoms with Gasteiger partial charge >= 0.3 is 6.03 Å². The predicted molar refractivity (Wildman–Crippen MR) is 97.8 cm³/mol. The fraction of sp³-hybridized carbons (Fsp3) is 0.312. The Hall–Kier alpha value is -2.03. The van der Waals surface area contributed by atoms with Crippen LogP contribution in [0.25, 0.3) is 11.0 Å². The Balaban J connectivity index is 1.60. The number of benzene rings is 1. The molecule has 2 amide bonds. The first kappa shape index (κ1) is 16.8. The highest BCUT2D eigenvalue weighted by molar-refractivity contribution is 7.09. The molecule has 0 aliphatic heterocycles. The lowest BCUT2D eigenvalue weighted by Gasteiger charge is -2.15. The molecule has 1 aromatic carbocycles. The molecule has 0 aliphatic rings. The number of fused-ring (bicyclic) bond motifs is 1. The van der Waals surface area contributed by atoms with Gasteiger partial charge in [-0.05, 0) is 36.4 Å². The third-order valence-electron chi connectivity index (χ3n) is 3.75. The van der Waals surface area contributed by atoms with E-state index in [1.165, 1.54) is 4.88 Å². The Morgan fingerprint density at radius 2 is 2.21 bits per heavy atom. The molecule has 126 valence electrons. The average molecular weight is 362 g/mol. The lowest BCUT2D eigenvalue weighted by Crippen LogP contribution is -2.35. The molecule has 0 aliphatic carbocycles. The van der Waals surface area contributed by atoms with Crippen molar-refractivity contribution in [3.8, 4) is 0 Å². The Kier molecular flexibility index (Phi) is 5.39. The monoisotopic (exact) mass is 362 g/mol. The van der Waals surface area contributed by atoms with E-state index in [1.54, 1.807) is 11.3 Å². The summed E-state index contributed by atoms with van der Waals surface area (Å²) >= 11 is 2.78. The number of thiophene rings is 1. The number of aliphatic hydroxyl groups excluding tert-OH is 1. The van der Waals surface area contributed by atoms with Gasteiger partial charge in [-0.15, -0.1) is 11.3 Å². The van der Waals surface area contributed by atoms with E-state index in [0.29, 0.717) is 17.7 Å². The molecule has 3 aromatic rings. The number of hydrogen-bond acceptors (Lipinski definition) is 6. The number of nitrogens with zero attached hydrogens (tertiary/aromatic N) is 2. The summed E-state index contributed by atoms with van der Waals surface area (Å²) < 4.78 is 8.43. The summed E-state index contributed by atoms with van der Waals surface area (Å²) in [6.07, 6.45) is 0.749. The second-order valence-corrected chi connectivity index (χ2v) is 7.12. The van der Waals surface area contributed by atoms with Gasteiger partial charge in [0.25, 0.3) is 0 Å². The molecule has 3 rings (SSSR count). The van der Waals surface area contributed by atoms with E-state index in [1.807, 2.05) is 36.6 Å². The van der Waals surface area contributed by atoms with Gasteiger partial charge in [-0.2, -0.15) is 8.75 Å². The molecule has 0 bridgehead atoms. The summed E-state index contributed by atoms with van der Waals surface area (Å²) in [5.74, 6) is -0.00720. The summed E-state index contributed by atoms with van der Waals surface area (Å²) in [5.41, 5.74) is 3.08. The van der Waals surface area contributed by atoms with Crippen LogP contribution in [-0.4, -0.2) is 33.0 Å². The maximum absolute atomic E-state index is 12.2. The van der Waals surface area contributed by atoms with E-state index in [0.717, 1.165) is 29.2 Å². The molecule has 24 heavy (non-hydrogen) atoms. The van der Waals surface area contributed by atoms with Crippen molar-refractivity contribution in [3.63, 3.8) is 0 Å². The van der Waals surface area contributed by atoms with E-state index in [2.05, 4.69) is 19.4 Å². The predicted octanol–water partition coefficient (Wildman–Crippen LogP) is 3.03. The van der Waals surface area contributed by atoms with Gasteiger partial charge < -0.3 is 15.7 Å².